The van der Waals surface area contributed by atoms with Crippen LogP contribution in [0, 0.1) is 11.7 Å². The molecular weight excluding hydrogens is 294 g/mol. The van der Waals surface area contributed by atoms with Crippen LogP contribution in [0.25, 0.3) is 16.9 Å². The molecule has 0 aliphatic heterocycles. The van der Waals surface area contributed by atoms with E-state index in [2.05, 4.69) is 9.97 Å². The Labute approximate surface area is 126 Å². The first-order chi connectivity index (χ1) is 9.60. The van der Waals surface area contributed by atoms with Crippen molar-refractivity contribution in [1.29, 1.82) is 0 Å². The molecule has 0 fully saturated rings. The van der Waals surface area contributed by atoms with Gasteiger partial charge >= 0.3 is 0 Å². The monoisotopic (exact) mass is 305 g/mol. The second-order valence-electron chi connectivity index (χ2n) is 4.47. The van der Waals surface area contributed by atoms with E-state index >= 15 is 0 Å². The minimum Gasteiger partial charge on any atom is -0.495 e. The molecule has 1 N–H and O–H groups in total. The van der Waals surface area contributed by atoms with Crippen molar-refractivity contribution in [2.45, 2.75) is 6.92 Å². The zero-order chi connectivity index (χ0) is 14.3. The molecule has 0 aliphatic carbocycles. The maximum absolute atomic E-state index is 6.05. The van der Waals surface area contributed by atoms with E-state index in [4.69, 9.17) is 28.6 Å². The lowest BCUT2D eigenvalue weighted by atomic mass is 10.3. The Bertz CT molecular complexity index is 853. The second kappa shape index (κ2) is 4.92. The number of benzene rings is 1. The third kappa shape index (κ3) is 2.09. The van der Waals surface area contributed by atoms with Crippen molar-refractivity contribution in [3.05, 3.63) is 45.8 Å². The molecule has 20 heavy (non-hydrogen) atoms. The number of pyridine rings is 1. The Kier molecular flexibility index (Phi) is 3.23. The smallest absolute Gasteiger partial charge is 0.184 e. The molecule has 2 aromatic heterocycles. The lowest BCUT2D eigenvalue weighted by Gasteiger charge is -2.08. The number of aromatic amines is 1. The largest absolute Gasteiger partial charge is 0.495 e. The van der Waals surface area contributed by atoms with Gasteiger partial charge in [-0.3, -0.25) is 4.57 Å². The van der Waals surface area contributed by atoms with Crippen molar-refractivity contribution in [3.8, 4) is 11.4 Å². The van der Waals surface area contributed by atoms with Gasteiger partial charge in [-0.15, -0.1) is 0 Å². The number of aromatic nitrogens is 3. The molecule has 0 saturated carbocycles. The summed E-state index contributed by atoms with van der Waals surface area (Å²) in [6, 6.07) is 7.52. The van der Waals surface area contributed by atoms with Crippen LogP contribution in [0.1, 0.15) is 5.56 Å². The first kappa shape index (κ1) is 13.1. The molecule has 102 valence electrons. The number of halogens is 1. The molecule has 0 spiro atoms. The second-order valence-corrected chi connectivity index (χ2v) is 5.26. The van der Waals surface area contributed by atoms with E-state index in [-0.39, 0.29) is 0 Å². The first-order valence-electron chi connectivity index (χ1n) is 6.01. The van der Waals surface area contributed by atoms with Crippen molar-refractivity contribution in [2.75, 3.05) is 7.11 Å². The summed E-state index contributed by atoms with van der Waals surface area (Å²) in [6.45, 7) is 1.99. The molecule has 0 radical (unpaired) electrons. The van der Waals surface area contributed by atoms with Crippen LogP contribution >= 0.6 is 23.8 Å². The standard InChI is InChI=1S/C14H12ClN3OS/c1-8-5-11-13(16-7-8)18(14(20)17-11)9-3-4-10(15)12(6-9)19-2/h3-7H,1-2H3,(H,17,20). The van der Waals surface area contributed by atoms with Gasteiger partial charge < -0.3 is 9.72 Å². The van der Waals surface area contributed by atoms with Gasteiger partial charge in [0.1, 0.15) is 5.75 Å². The van der Waals surface area contributed by atoms with Gasteiger partial charge in [0.05, 0.1) is 23.3 Å². The Morgan fingerprint density at radius 2 is 2.15 bits per heavy atom. The highest BCUT2D eigenvalue weighted by atomic mass is 35.5. The highest BCUT2D eigenvalue weighted by Crippen LogP contribution is 2.28. The first-order valence-corrected chi connectivity index (χ1v) is 6.80. The number of nitrogens with zero attached hydrogens (tertiary/aromatic N) is 2. The number of fused-ring (bicyclic) bond motifs is 1. The topological polar surface area (TPSA) is 42.8 Å². The lowest BCUT2D eigenvalue weighted by molar-refractivity contribution is 0.415. The van der Waals surface area contributed by atoms with Crippen LogP contribution in [-0.4, -0.2) is 21.6 Å². The summed E-state index contributed by atoms with van der Waals surface area (Å²) in [7, 11) is 1.58. The minimum absolute atomic E-state index is 0.561. The summed E-state index contributed by atoms with van der Waals surface area (Å²) in [5.41, 5.74) is 3.63. The fourth-order valence-corrected chi connectivity index (χ4v) is 2.62. The number of hydrogen-bond donors (Lipinski definition) is 1. The Morgan fingerprint density at radius 1 is 1.35 bits per heavy atom. The van der Waals surface area contributed by atoms with Gasteiger partial charge in [-0.1, -0.05) is 11.6 Å². The van der Waals surface area contributed by atoms with Crippen LogP contribution in [0.3, 0.4) is 0 Å². The Hall–Kier alpha value is -1.85. The Morgan fingerprint density at radius 3 is 2.90 bits per heavy atom. The number of nitrogens with one attached hydrogen (secondary N) is 1. The van der Waals surface area contributed by atoms with E-state index in [0.717, 1.165) is 22.4 Å². The van der Waals surface area contributed by atoms with E-state index in [9.17, 15) is 0 Å². The molecule has 0 bridgehead atoms. The molecular formula is C14H12ClN3OS. The van der Waals surface area contributed by atoms with Gasteiger partial charge in [0, 0.05) is 12.3 Å². The van der Waals surface area contributed by atoms with E-state index in [1.807, 2.05) is 35.9 Å². The minimum atomic E-state index is 0.561. The molecule has 3 rings (SSSR count). The van der Waals surface area contributed by atoms with Crippen LogP contribution in [0.5, 0.6) is 5.75 Å². The van der Waals surface area contributed by atoms with Crippen LogP contribution in [0.4, 0.5) is 0 Å². The third-order valence-corrected chi connectivity index (χ3v) is 3.65. The summed E-state index contributed by atoms with van der Waals surface area (Å²) >= 11 is 11.4. The average molecular weight is 306 g/mol. The summed E-state index contributed by atoms with van der Waals surface area (Å²) in [6.07, 6.45) is 1.81. The summed E-state index contributed by atoms with van der Waals surface area (Å²) in [4.78, 5) is 7.61. The molecule has 0 amide bonds. The highest BCUT2D eigenvalue weighted by molar-refractivity contribution is 7.71. The van der Waals surface area contributed by atoms with Gasteiger partial charge in [-0.05, 0) is 42.9 Å². The van der Waals surface area contributed by atoms with Crippen LogP contribution in [0.2, 0.25) is 5.02 Å². The number of methoxy groups -OCH3 is 1. The average Bonchev–Trinajstić information content (AvgIpc) is 2.74. The third-order valence-electron chi connectivity index (χ3n) is 3.05. The van der Waals surface area contributed by atoms with Crippen molar-refractivity contribution in [1.82, 2.24) is 14.5 Å². The van der Waals surface area contributed by atoms with Gasteiger partial charge in [0.2, 0.25) is 0 Å². The lowest BCUT2D eigenvalue weighted by Crippen LogP contribution is -1.96. The van der Waals surface area contributed by atoms with Gasteiger partial charge in [-0.2, -0.15) is 0 Å². The number of H-pyrrole nitrogens is 1. The molecule has 0 aliphatic rings. The maximum atomic E-state index is 6.05. The molecule has 4 nitrogen and oxygen atoms in total. The quantitative estimate of drug-likeness (QED) is 0.726. The maximum Gasteiger partial charge on any atom is 0.184 e. The molecule has 1 aromatic carbocycles. The summed E-state index contributed by atoms with van der Waals surface area (Å²) in [5, 5.41) is 0.561. The van der Waals surface area contributed by atoms with Crippen molar-refractivity contribution >= 4 is 35.0 Å². The van der Waals surface area contributed by atoms with Crippen LogP contribution in [-0.2, 0) is 0 Å². The van der Waals surface area contributed by atoms with Gasteiger partial charge in [-0.25, -0.2) is 4.98 Å². The van der Waals surface area contributed by atoms with Crippen molar-refractivity contribution in [2.24, 2.45) is 0 Å². The Balaban J connectivity index is 2.29. The zero-order valence-electron chi connectivity index (χ0n) is 11.0. The normalized spacial score (nSPS) is 10.9. The highest BCUT2D eigenvalue weighted by Gasteiger charge is 2.10. The van der Waals surface area contributed by atoms with E-state index < -0.39 is 0 Å². The van der Waals surface area contributed by atoms with E-state index in [0.29, 0.717) is 15.5 Å². The van der Waals surface area contributed by atoms with E-state index in [1.165, 1.54) is 0 Å². The zero-order valence-corrected chi connectivity index (χ0v) is 12.5. The summed E-state index contributed by atoms with van der Waals surface area (Å²) < 4.78 is 7.69. The van der Waals surface area contributed by atoms with Crippen molar-refractivity contribution < 1.29 is 4.74 Å². The number of rotatable bonds is 2. The molecule has 3 aromatic rings. The summed E-state index contributed by atoms with van der Waals surface area (Å²) in [5.74, 6) is 0.604. The van der Waals surface area contributed by atoms with E-state index in [1.54, 1.807) is 13.2 Å². The predicted octanol–water partition coefficient (Wildman–Crippen LogP) is 4.05. The van der Waals surface area contributed by atoms with Crippen LogP contribution in [0.15, 0.2) is 30.5 Å². The molecule has 2 heterocycles. The number of ether oxygens (including phenoxy) is 1. The van der Waals surface area contributed by atoms with Crippen molar-refractivity contribution in [3.63, 3.8) is 0 Å². The fourth-order valence-electron chi connectivity index (χ4n) is 2.13. The predicted molar refractivity (Wildman–Crippen MR) is 82.6 cm³/mol. The number of imidazole rings is 1. The SMILES string of the molecule is COc1cc(-n2c(=S)[nH]c3cc(C)cnc32)ccc1Cl. The van der Waals surface area contributed by atoms with Crippen LogP contribution < -0.4 is 4.74 Å². The molecule has 0 saturated heterocycles. The molecule has 6 heteroatoms. The number of hydrogen-bond acceptors (Lipinski definition) is 3. The molecule has 0 atom stereocenters. The van der Waals surface area contributed by atoms with Gasteiger partial charge in [0.25, 0.3) is 0 Å². The number of aryl methyl sites for hydroxylation is 1. The fraction of sp³-hybridized carbons (Fsp3) is 0.143. The molecule has 0 unspecified atom stereocenters. The van der Waals surface area contributed by atoms with Gasteiger partial charge in [0.15, 0.2) is 10.4 Å².